The van der Waals surface area contributed by atoms with Gasteiger partial charge < -0.3 is 18.0 Å². The molecule has 2 aliphatic heterocycles. The summed E-state index contributed by atoms with van der Waals surface area (Å²) in [6, 6.07) is 2.20. The molecule has 0 aliphatic carbocycles. The van der Waals surface area contributed by atoms with Gasteiger partial charge in [0.25, 0.3) is 0 Å². The minimum Gasteiger partial charge on any atom is -0.409 e. The van der Waals surface area contributed by atoms with Crippen LogP contribution in [0.15, 0.2) is 0 Å². The zero-order valence-electron chi connectivity index (χ0n) is 21.7. The third kappa shape index (κ3) is 5.76. The quantitative estimate of drug-likeness (QED) is 0.225. The van der Waals surface area contributed by atoms with Crippen LogP contribution in [0.25, 0.3) is 0 Å². The lowest BCUT2D eigenvalue weighted by Gasteiger charge is -2.56. The third-order valence-electron chi connectivity index (χ3n) is 7.07. The summed E-state index contributed by atoms with van der Waals surface area (Å²) in [5.74, 6) is 0. The molecule has 0 radical (unpaired) electrons. The van der Waals surface area contributed by atoms with Crippen molar-refractivity contribution in [2.75, 3.05) is 6.61 Å². The standard InChI is InChI=1S/C21H41F3O7SSi2/c1-10-33(11-2,12-3)30-16-13-15-17(28-18(16)29-32(25,26)21(22,23)24)14-27-34(31-15,19(4,5)6)20(7,8)9/h15-18H,10-14H2,1-9H3/t15-,16+,17+,18-/m1/s1. The first-order valence-corrected chi connectivity index (χ1v) is 17.7. The predicted molar refractivity (Wildman–Crippen MR) is 127 cm³/mol. The summed E-state index contributed by atoms with van der Waals surface area (Å²) in [5, 5.41) is -0.595. The lowest BCUT2D eigenvalue weighted by atomic mass is 10.0. The molecule has 2 saturated heterocycles. The number of hydrogen-bond acceptors (Lipinski definition) is 7. The minimum atomic E-state index is -5.88. The molecule has 0 aromatic heterocycles. The van der Waals surface area contributed by atoms with Crippen molar-refractivity contribution in [1.29, 1.82) is 0 Å². The normalized spacial score (nSPS) is 29.1. The molecule has 0 aromatic carbocycles. The van der Waals surface area contributed by atoms with Gasteiger partial charge in [0.1, 0.15) is 6.10 Å². The van der Waals surface area contributed by atoms with E-state index in [0.29, 0.717) is 0 Å². The van der Waals surface area contributed by atoms with Crippen LogP contribution in [0.2, 0.25) is 28.2 Å². The summed E-state index contributed by atoms with van der Waals surface area (Å²) in [5.41, 5.74) is -5.56. The van der Waals surface area contributed by atoms with Crippen molar-refractivity contribution in [3.63, 3.8) is 0 Å². The van der Waals surface area contributed by atoms with Gasteiger partial charge in [-0.15, -0.1) is 0 Å². The second-order valence-corrected chi connectivity index (χ2v) is 22.3. The molecule has 2 rings (SSSR count). The molecule has 2 aliphatic rings. The number of alkyl halides is 3. The molecule has 0 N–H and O–H groups in total. The number of halogens is 3. The highest BCUT2D eigenvalue weighted by Gasteiger charge is 2.63. The number of rotatable bonds is 7. The molecule has 0 aromatic rings. The highest BCUT2D eigenvalue weighted by Crippen LogP contribution is 2.55. The molecule has 2 fully saturated rings. The van der Waals surface area contributed by atoms with Crippen molar-refractivity contribution >= 4 is 27.0 Å². The fourth-order valence-corrected chi connectivity index (χ4v) is 13.5. The fourth-order valence-electron chi connectivity index (χ4n) is 5.16. The van der Waals surface area contributed by atoms with Crippen LogP contribution in [0.1, 0.15) is 68.7 Å². The van der Waals surface area contributed by atoms with Crippen molar-refractivity contribution < 1.29 is 43.8 Å². The van der Waals surface area contributed by atoms with Gasteiger partial charge in [-0.25, -0.2) is 4.18 Å². The van der Waals surface area contributed by atoms with Gasteiger partial charge in [0.15, 0.2) is 8.32 Å². The Hall–Kier alpha value is -0.0262. The Morgan fingerprint density at radius 3 is 1.85 bits per heavy atom. The average Bonchev–Trinajstić information content (AvgIpc) is 2.69. The number of hydrogen-bond donors (Lipinski definition) is 0. The molecule has 4 atom stereocenters. The summed E-state index contributed by atoms with van der Waals surface area (Å²) >= 11 is 0. The minimum absolute atomic E-state index is 0.0853. The van der Waals surface area contributed by atoms with Gasteiger partial charge in [-0.05, 0) is 18.1 Å². The van der Waals surface area contributed by atoms with Crippen LogP contribution in [0.4, 0.5) is 13.2 Å². The van der Waals surface area contributed by atoms with Crippen molar-refractivity contribution in [2.45, 2.75) is 127 Å². The molecule has 0 bridgehead atoms. The molecular weight excluding hydrogens is 509 g/mol. The molecule has 2 heterocycles. The van der Waals surface area contributed by atoms with E-state index in [9.17, 15) is 21.6 Å². The summed E-state index contributed by atoms with van der Waals surface area (Å²) < 4.78 is 92.9. The largest absolute Gasteiger partial charge is 0.523 e. The first-order chi connectivity index (χ1) is 15.3. The molecule has 7 nitrogen and oxygen atoms in total. The van der Waals surface area contributed by atoms with Gasteiger partial charge in [-0.2, -0.15) is 21.6 Å². The Morgan fingerprint density at radius 1 is 0.941 bits per heavy atom. The van der Waals surface area contributed by atoms with Crippen LogP contribution in [0.3, 0.4) is 0 Å². The topological polar surface area (TPSA) is 80.3 Å². The maximum Gasteiger partial charge on any atom is 0.523 e. The molecule has 0 unspecified atom stereocenters. The van der Waals surface area contributed by atoms with Gasteiger partial charge in [0.2, 0.25) is 6.29 Å². The molecule has 0 spiro atoms. The molecular formula is C21H41F3O7SSi2. The van der Waals surface area contributed by atoms with E-state index < -0.39 is 57.1 Å². The van der Waals surface area contributed by atoms with E-state index in [2.05, 4.69) is 45.7 Å². The predicted octanol–water partition coefficient (Wildman–Crippen LogP) is 5.82. The van der Waals surface area contributed by atoms with Crippen molar-refractivity contribution in [2.24, 2.45) is 0 Å². The Kier molecular flexibility index (Phi) is 8.91. The zero-order chi connectivity index (χ0) is 26.4. The third-order valence-corrected chi connectivity index (χ3v) is 17.9. The Morgan fingerprint density at radius 2 is 1.44 bits per heavy atom. The van der Waals surface area contributed by atoms with Crippen LogP contribution in [0, 0.1) is 0 Å². The van der Waals surface area contributed by atoms with E-state index in [1.165, 1.54) is 0 Å². The zero-order valence-corrected chi connectivity index (χ0v) is 24.6. The van der Waals surface area contributed by atoms with Crippen LogP contribution in [-0.4, -0.2) is 62.0 Å². The van der Waals surface area contributed by atoms with E-state index in [1.807, 2.05) is 20.8 Å². The van der Waals surface area contributed by atoms with Crippen LogP contribution < -0.4 is 0 Å². The van der Waals surface area contributed by atoms with E-state index in [0.717, 1.165) is 18.1 Å². The van der Waals surface area contributed by atoms with Gasteiger partial charge in [0.05, 0.1) is 18.8 Å². The smallest absolute Gasteiger partial charge is 0.409 e. The average molecular weight is 551 g/mol. The lowest BCUT2D eigenvalue weighted by molar-refractivity contribution is -0.250. The summed E-state index contributed by atoms with van der Waals surface area (Å²) in [4.78, 5) is 0. The molecule has 202 valence electrons. The van der Waals surface area contributed by atoms with E-state index in [4.69, 9.17) is 18.0 Å². The van der Waals surface area contributed by atoms with Crippen LogP contribution >= 0.6 is 0 Å². The Labute approximate surface area is 204 Å². The second-order valence-electron chi connectivity index (χ2n) is 11.3. The summed E-state index contributed by atoms with van der Waals surface area (Å²) in [7, 11) is -11.1. The first kappa shape index (κ1) is 30.2. The second kappa shape index (κ2) is 10.0. The van der Waals surface area contributed by atoms with Crippen LogP contribution in [0.5, 0.6) is 0 Å². The van der Waals surface area contributed by atoms with E-state index >= 15 is 0 Å². The monoisotopic (exact) mass is 550 g/mol. The van der Waals surface area contributed by atoms with Gasteiger partial charge in [-0.3, -0.25) is 0 Å². The number of ether oxygens (including phenoxy) is 1. The summed E-state index contributed by atoms with van der Waals surface area (Å²) in [6.45, 7) is 18.4. The maximum atomic E-state index is 13.1. The van der Waals surface area contributed by atoms with Crippen molar-refractivity contribution in [3.8, 4) is 0 Å². The molecule has 13 heteroatoms. The molecule has 0 saturated carbocycles. The molecule has 34 heavy (non-hydrogen) atoms. The van der Waals surface area contributed by atoms with Gasteiger partial charge in [-0.1, -0.05) is 62.3 Å². The highest BCUT2D eigenvalue weighted by molar-refractivity contribution is 7.87. The maximum absolute atomic E-state index is 13.1. The summed E-state index contributed by atoms with van der Waals surface area (Å²) in [6.07, 6.45) is -3.83. The Bertz CT molecular complexity index is 782. The Balaban J connectivity index is 2.43. The highest BCUT2D eigenvalue weighted by atomic mass is 32.2. The number of fused-ring (bicyclic) bond motifs is 1. The first-order valence-electron chi connectivity index (χ1n) is 11.9. The van der Waals surface area contributed by atoms with Gasteiger partial charge >= 0.3 is 24.2 Å². The molecule has 0 amide bonds. The van der Waals surface area contributed by atoms with Crippen molar-refractivity contribution in [1.82, 2.24) is 0 Å². The SMILES string of the molecule is CC[Si](CC)(CC)O[C@H]1C[C@H]2O[Si](C(C)(C)C)(C(C)(C)C)OC[C@@H]2O[C@@H]1OS(=O)(=O)C(F)(F)F. The van der Waals surface area contributed by atoms with E-state index in [1.54, 1.807) is 0 Å². The fraction of sp³-hybridized carbons (Fsp3) is 1.00. The van der Waals surface area contributed by atoms with Crippen LogP contribution in [-0.2, 0) is 32.3 Å². The van der Waals surface area contributed by atoms with E-state index in [-0.39, 0.29) is 23.1 Å². The van der Waals surface area contributed by atoms with Crippen molar-refractivity contribution in [3.05, 3.63) is 0 Å². The van der Waals surface area contributed by atoms with Gasteiger partial charge in [0, 0.05) is 16.5 Å². The lowest BCUT2D eigenvalue weighted by Crippen LogP contribution is -2.68.